The molecule has 0 aliphatic carbocycles. The molecule has 186 valence electrons. The average molecular weight is 495 g/mol. The molecule has 1 amide bonds. The van der Waals surface area contributed by atoms with Gasteiger partial charge in [-0.15, -0.1) is 0 Å². The molecule has 3 rings (SSSR count). The molecule has 7 heteroatoms. The lowest BCUT2D eigenvalue weighted by atomic mass is 9.97. The number of amides is 1. The molecule has 0 aromatic heterocycles. The van der Waals surface area contributed by atoms with Crippen molar-refractivity contribution in [2.75, 3.05) is 18.0 Å². The highest BCUT2D eigenvalue weighted by Crippen LogP contribution is 2.28. The van der Waals surface area contributed by atoms with Gasteiger partial charge >= 0.3 is 0 Å². The molecule has 1 atom stereocenters. The molecule has 1 N–H and O–H groups in total. The minimum Gasteiger partial charge on any atom is -0.497 e. The minimum atomic E-state index is -3.96. The van der Waals surface area contributed by atoms with Crippen LogP contribution < -0.4 is 14.4 Å². The van der Waals surface area contributed by atoms with Crippen molar-refractivity contribution < 1.29 is 17.9 Å². The fourth-order valence-electron chi connectivity index (χ4n) is 3.94. The Labute approximate surface area is 209 Å². The number of benzene rings is 3. The van der Waals surface area contributed by atoms with E-state index >= 15 is 0 Å². The van der Waals surface area contributed by atoms with E-state index < -0.39 is 10.0 Å². The normalized spacial score (nSPS) is 12.3. The van der Waals surface area contributed by atoms with Crippen molar-refractivity contribution in [1.29, 1.82) is 0 Å². The Hall–Kier alpha value is -3.32. The number of carbonyl (C=O) groups is 1. The molecule has 6 nitrogen and oxygen atoms in total. The molecular weight excluding hydrogens is 460 g/mol. The van der Waals surface area contributed by atoms with Crippen molar-refractivity contribution in [2.45, 2.75) is 45.1 Å². The number of hydrogen-bond donors (Lipinski definition) is 1. The van der Waals surface area contributed by atoms with Gasteiger partial charge in [-0.1, -0.05) is 61.9 Å². The Kier molecular flexibility index (Phi) is 8.57. The summed E-state index contributed by atoms with van der Waals surface area (Å²) in [4.78, 5) is 13.5. The van der Waals surface area contributed by atoms with Gasteiger partial charge < -0.3 is 10.1 Å². The lowest BCUT2D eigenvalue weighted by molar-refractivity contribution is -0.120. The van der Waals surface area contributed by atoms with Crippen LogP contribution in [0.25, 0.3) is 0 Å². The van der Waals surface area contributed by atoms with E-state index in [0.717, 1.165) is 22.4 Å². The second kappa shape index (κ2) is 11.4. The summed E-state index contributed by atoms with van der Waals surface area (Å²) in [6, 6.07) is 21.2. The Morgan fingerprint density at radius 1 is 0.943 bits per heavy atom. The number of sulfonamides is 1. The Morgan fingerprint density at radius 3 is 2.14 bits per heavy atom. The van der Waals surface area contributed by atoms with Gasteiger partial charge in [-0.2, -0.15) is 0 Å². The smallest absolute Gasteiger partial charge is 0.264 e. The molecule has 0 aliphatic heterocycles. The number of anilines is 1. The summed E-state index contributed by atoms with van der Waals surface area (Å²) in [5, 5.41) is 3.07. The third-order valence-electron chi connectivity index (χ3n) is 5.84. The molecule has 0 heterocycles. The van der Waals surface area contributed by atoms with Gasteiger partial charge in [0.1, 0.15) is 12.3 Å². The summed E-state index contributed by atoms with van der Waals surface area (Å²) in [5.74, 6) is 0.690. The van der Waals surface area contributed by atoms with Crippen molar-refractivity contribution in [3.05, 3.63) is 89.5 Å². The number of nitrogens with zero attached hydrogens (tertiary/aromatic N) is 1. The van der Waals surface area contributed by atoms with Crippen LogP contribution in [-0.2, 0) is 14.8 Å². The van der Waals surface area contributed by atoms with Gasteiger partial charge in [0.05, 0.1) is 23.7 Å². The van der Waals surface area contributed by atoms with Crippen LogP contribution in [-0.4, -0.2) is 28.0 Å². The van der Waals surface area contributed by atoms with Gasteiger partial charge in [0.2, 0.25) is 5.91 Å². The van der Waals surface area contributed by atoms with Crippen LogP contribution in [0.4, 0.5) is 5.69 Å². The van der Waals surface area contributed by atoms with E-state index in [-0.39, 0.29) is 23.4 Å². The highest BCUT2D eigenvalue weighted by atomic mass is 32.2. The van der Waals surface area contributed by atoms with Crippen LogP contribution in [0.15, 0.2) is 77.7 Å². The highest BCUT2D eigenvalue weighted by molar-refractivity contribution is 7.92. The first-order valence-corrected chi connectivity index (χ1v) is 13.1. The molecule has 3 aromatic carbocycles. The van der Waals surface area contributed by atoms with Crippen molar-refractivity contribution in [2.24, 2.45) is 5.92 Å². The molecule has 0 spiro atoms. The number of rotatable bonds is 10. The SMILES string of the molecule is COc1ccc(C(CC(C)C)NC(=O)CN(c2ccccc2C)S(=O)(=O)c2ccc(C)cc2)cc1. The Balaban J connectivity index is 1.93. The van der Waals surface area contributed by atoms with Crippen LogP contribution in [0.1, 0.15) is 43.0 Å². The molecule has 0 aliphatic rings. The molecule has 0 saturated carbocycles. The number of nitrogens with one attached hydrogen (secondary N) is 1. The lowest BCUT2D eigenvalue weighted by Crippen LogP contribution is -2.42. The minimum absolute atomic E-state index is 0.146. The van der Waals surface area contributed by atoms with Crippen molar-refractivity contribution in [1.82, 2.24) is 5.32 Å². The van der Waals surface area contributed by atoms with E-state index in [1.165, 1.54) is 4.31 Å². The van der Waals surface area contributed by atoms with Crippen LogP contribution in [0.3, 0.4) is 0 Å². The molecule has 1 unspecified atom stereocenters. The van der Waals surface area contributed by atoms with E-state index in [9.17, 15) is 13.2 Å². The summed E-state index contributed by atoms with van der Waals surface area (Å²) in [5.41, 5.74) is 3.15. The third kappa shape index (κ3) is 6.63. The number of ether oxygens (including phenoxy) is 1. The van der Waals surface area contributed by atoms with E-state index in [1.54, 1.807) is 43.5 Å². The summed E-state index contributed by atoms with van der Waals surface area (Å²) in [6.45, 7) is 7.58. The third-order valence-corrected chi connectivity index (χ3v) is 7.61. The standard InChI is InChI=1S/C28H34N2O4S/c1-20(2)18-26(23-12-14-24(34-5)15-13-23)29-28(31)19-30(27-9-7-6-8-22(27)4)35(32,33)25-16-10-21(3)11-17-25/h6-17,20,26H,18-19H2,1-5H3,(H,29,31). The first kappa shape index (κ1) is 26.3. The van der Waals surface area contributed by atoms with Crippen LogP contribution >= 0.6 is 0 Å². The zero-order chi connectivity index (χ0) is 25.6. The number of aryl methyl sites for hydroxylation is 2. The largest absolute Gasteiger partial charge is 0.497 e. The molecule has 35 heavy (non-hydrogen) atoms. The van der Waals surface area contributed by atoms with Crippen molar-refractivity contribution >= 4 is 21.6 Å². The summed E-state index contributed by atoms with van der Waals surface area (Å²) in [6.07, 6.45) is 0.715. The Bertz CT molecular complexity index is 1240. The Morgan fingerprint density at radius 2 is 1.57 bits per heavy atom. The zero-order valence-electron chi connectivity index (χ0n) is 21.0. The average Bonchev–Trinajstić information content (AvgIpc) is 2.82. The summed E-state index contributed by atoms with van der Waals surface area (Å²) < 4.78 is 33.8. The number of para-hydroxylation sites is 1. The first-order valence-electron chi connectivity index (χ1n) is 11.7. The fourth-order valence-corrected chi connectivity index (χ4v) is 5.42. The number of carbonyl (C=O) groups excluding carboxylic acids is 1. The predicted octanol–water partition coefficient (Wildman–Crippen LogP) is 5.41. The van der Waals surface area contributed by atoms with Gasteiger partial charge in [-0.25, -0.2) is 8.42 Å². The molecule has 3 aromatic rings. The van der Waals surface area contributed by atoms with E-state index in [1.807, 2.05) is 50.2 Å². The second-order valence-electron chi connectivity index (χ2n) is 9.13. The van der Waals surface area contributed by atoms with Gasteiger partial charge in [0.15, 0.2) is 0 Å². The van der Waals surface area contributed by atoms with Crippen LogP contribution in [0.5, 0.6) is 5.75 Å². The zero-order valence-corrected chi connectivity index (χ0v) is 21.8. The molecule has 0 bridgehead atoms. The summed E-state index contributed by atoms with van der Waals surface area (Å²) in [7, 11) is -2.36. The highest BCUT2D eigenvalue weighted by Gasteiger charge is 2.29. The van der Waals surface area contributed by atoms with Crippen LogP contribution in [0.2, 0.25) is 0 Å². The van der Waals surface area contributed by atoms with E-state index in [2.05, 4.69) is 19.2 Å². The molecule has 0 radical (unpaired) electrons. The fraction of sp³-hybridized carbons (Fsp3) is 0.321. The second-order valence-corrected chi connectivity index (χ2v) is 11.0. The topological polar surface area (TPSA) is 75.7 Å². The maximum absolute atomic E-state index is 13.7. The van der Waals surface area contributed by atoms with Gasteiger partial charge in [0.25, 0.3) is 10.0 Å². The van der Waals surface area contributed by atoms with Gasteiger partial charge in [-0.05, 0) is 67.6 Å². The molecule has 0 fully saturated rings. The van der Waals surface area contributed by atoms with Gasteiger partial charge in [0, 0.05) is 0 Å². The summed E-state index contributed by atoms with van der Waals surface area (Å²) >= 11 is 0. The number of methoxy groups -OCH3 is 1. The number of hydrogen-bond acceptors (Lipinski definition) is 4. The quantitative estimate of drug-likeness (QED) is 0.409. The van der Waals surface area contributed by atoms with Crippen molar-refractivity contribution in [3.8, 4) is 5.75 Å². The van der Waals surface area contributed by atoms with Crippen LogP contribution in [0, 0.1) is 19.8 Å². The maximum atomic E-state index is 13.7. The lowest BCUT2D eigenvalue weighted by Gasteiger charge is -2.27. The first-order chi connectivity index (χ1) is 16.6. The van der Waals surface area contributed by atoms with E-state index in [4.69, 9.17) is 4.74 Å². The maximum Gasteiger partial charge on any atom is 0.264 e. The predicted molar refractivity (Wildman–Crippen MR) is 140 cm³/mol. The van der Waals surface area contributed by atoms with E-state index in [0.29, 0.717) is 18.0 Å². The molecule has 0 saturated heterocycles. The van der Waals surface area contributed by atoms with Gasteiger partial charge in [-0.3, -0.25) is 9.10 Å². The van der Waals surface area contributed by atoms with Crippen molar-refractivity contribution in [3.63, 3.8) is 0 Å². The monoisotopic (exact) mass is 494 g/mol. The molecular formula is C28H34N2O4S.